The van der Waals surface area contributed by atoms with Crippen LogP contribution in [0.4, 0.5) is 25.8 Å². The van der Waals surface area contributed by atoms with Crippen molar-refractivity contribution in [2.75, 3.05) is 23.3 Å². The van der Waals surface area contributed by atoms with E-state index in [-0.39, 0.29) is 56.2 Å². The number of hydrogen-bond donors (Lipinski definition) is 2. The molecule has 0 aliphatic carbocycles. The lowest BCUT2D eigenvalue weighted by Crippen LogP contribution is -2.46. The number of hydrogen-bond acceptors (Lipinski definition) is 8. The molecule has 0 unspecified atom stereocenters. The number of pyridine rings is 1. The van der Waals surface area contributed by atoms with E-state index in [1.807, 2.05) is 60.7 Å². The monoisotopic (exact) mass is 631 g/mol. The lowest BCUT2D eigenvalue weighted by Gasteiger charge is -2.39. The second-order valence-electron chi connectivity index (χ2n) is 12.4. The van der Waals surface area contributed by atoms with E-state index in [9.17, 15) is 9.90 Å². The molecule has 242 valence electrons. The molecule has 0 radical (unpaired) electrons. The summed E-state index contributed by atoms with van der Waals surface area (Å²) in [5.41, 5.74) is 0.265. The minimum absolute atomic E-state index is 0.0747. The average Bonchev–Trinajstić information content (AvgIpc) is 3.02. The van der Waals surface area contributed by atoms with Crippen LogP contribution >= 0.6 is 0 Å². The third kappa shape index (κ3) is 8.94. The van der Waals surface area contributed by atoms with Gasteiger partial charge in [0.05, 0.1) is 23.4 Å². The number of halogens is 2. The molecule has 1 aromatic heterocycles. The molecule has 3 aromatic carbocycles. The maximum Gasteiger partial charge on any atom is 0.309 e. The predicted octanol–water partition coefficient (Wildman–Crippen LogP) is 7.32. The Balaban J connectivity index is 1.29. The van der Waals surface area contributed by atoms with Gasteiger partial charge in [-0.25, -0.2) is 8.78 Å². The number of anilines is 3. The minimum Gasteiger partial charge on any atom is -0.473 e. The number of carbonyl (C=O) groups is 1. The molecule has 2 N–H and O–H groups in total. The molecule has 1 fully saturated rings. The Labute approximate surface area is 267 Å². The van der Waals surface area contributed by atoms with Gasteiger partial charge in [-0.2, -0.15) is 4.98 Å². The van der Waals surface area contributed by atoms with Crippen molar-refractivity contribution in [2.24, 2.45) is 0 Å². The van der Waals surface area contributed by atoms with Gasteiger partial charge in [0.2, 0.25) is 11.8 Å². The Morgan fingerprint density at radius 3 is 2.09 bits per heavy atom. The van der Waals surface area contributed by atoms with Gasteiger partial charge in [0, 0.05) is 31.3 Å². The van der Waals surface area contributed by atoms with Crippen LogP contribution in [0.5, 0.6) is 11.8 Å². The Bertz CT molecular complexity index is 1620. The van der Waals surface area contributed by atoms with Crippen LogP contribution < -0.4 is 19.7 Å². The van der Waals surface area contributed by atoms with E-state index in [2.05, 4.69) is 10.3 Å². The van der Waals surface area contributed by atoms with E-state index in [4.69, 9.17) is 14.2 Å². The normalized spacial score (nSPS) is 14.4. The maximum atomic E-state index is 15.5. The van der Waals surface area contributed by atoms with Crippen molar-refractivity contribution in [3.63, 3.8) is 0 Å². The van der Waals surface area contributed by atoms with Gasteiger partial charge in [-0.15, -0.1) is 0 Å². The molecule has 0 bridgehead atoms. The van der Waals surface area contributed by atoms with Crippen molar-refractivity contribution in [3.8, 4) is 11.8 Å². The van der Waals surface area contributed by atoms with Crippen molar-refractivity contribution < 1.29 is 32.9 Å². The molecule has 0 amide bonds. The molecule has 8 nitrogen and oxygen atoms in total. The SMILES string of the molecule is CC(C)(C)OC(=O)CC1(O)CCN(c2cc(F)c(Nc3ccc(OCc4ccccc4)nc3OCc3ccccc3)cc2F)CC1. The summed E-state index contributed by atoms with van der Waals surface area (Å²) >= 11 is 0. The van der Waals surface area contributed by atoms with Gasteiger partial charge in [0.15, 0.2) is 0 Å². The fraction of sp³-hybridized carbons (Fsp3) is 0.333. The molecular formula is C36H39F2N3O5. The van der Waals surface area contributed by atoms with Crippen molar-refractivity contribution in [1.29, 1.82) is 0 Å². The summed E-state index contributed by atoms with van der Waals surface area (Å²) in [7, 11) is 0. The Morgan fingerprint density at radius 1 is 0.870 bits per heavy atom. The molecule has 1 aliphatic rings. The summed E-state index contributed by atoms with van der Waals surface area (Å²) in [5.74, 6) is -1.32. The van der Waals surface area contributed by atoms with Crippen LogP contribution in [-0.4, -0.2) is 40.4 Å². The smallest absolute Gasteiger partial charge is 0.309 e. The second-order valence-corrected chi connectivity index (χ2v) is 12.4. The van der Waals surface area contributed by atoms with E-state index < -0.39 is 28.8 Å². The Hall–Kier alpha value is -4.70. The Kier molecular flexibility index (Phi) is 10.1. The highest BCUT2D eigenvalue weighted by atomic mass is 19.1. The third-order valence-corrected chi connectivity index (χ3v) is 7.52. The first-order valence-electron chi connectivity index (χ1n) is 15.3. The number of ether oxygens (including phenoxy) is 3. The zero-order valence-corrected chi connectivity index (χ0v) is 26.3. The Morgan fingerprint density at radius 2 is 1.48 bits per heavy atom. The maximum absolute atomic E-state index is 15.5. The van der Waals surface area contributed by atoms with Crippen molar-refractivity contribution in [3.05, 3.63) is 108 Å². The van der Waals surface area contributed by atoms with Crippen LogP contribution in [0.1, 0.15) is 51.2 Å². The van der Waals surface area contributed by atoms with Crippen LogP contribution in [-0.2, 0) is 22.7 Å². The molecule has 0 spiro atoms. The minimum atomic E-state index is -1.27. The molecule has 0 saturated carbocycles. The molecule has 46 heavy (non-hydrogen) atoms. The van der Waals surface area contributed by atoms with E-state index in [0.29, 0.717) is 18.2 Å². The molecular weight excluding hydrogens is 592 g/mol. The van der Waals surface area contributed by atoms with E-state index in [1.165, 1.54) is 0 Å². The first kappa shape index (κ1) is 32.7. The summed E-state index contributed by atoms with van der Waals surface area (Å²) in [5, 5.41) is 13.9. The number of rotatable bonds is 11. The zero-order chi connectivity index (χ0) is 32.7. The molecule has 1 saturated heterocycles. The number of aliphatic hydroxyl groups is 1. The van der Waals surface area contributed by atoms with Gasteiger partial charge in [0.25, 0.3) is 0 Å². The fourth-order valence-corrected chi connectivity index (χ4v) is 5.17. The summed E-state index contributed by atoms with van der Waals surface area (Å²) in [6.45, 7) is 6.28. The van der Waals surface area contributed by atoms with E-state index in [1.54, 1.807) is 37.8 Å². The number of aromatic nitrogens is 1. The topological polar surface area (TPSA) is 93.2 Å². The number of nitrogens with one attached hydrogen (secondary N) is 1. The molecule has 5 rings (SSSR count). The largest absolute Gasteiger partial charge is 0.473 e. The van der Waals surface area contributed by atoms with Gasteiger partial charge in [0.1, 0.15) is 36.1 Å². The lowest BCUT2D eigenvalue weighted by atomic mass is 9.88. The first-order valence-corrected chi connectivity index (χ1v) is 15.3. The molecule has 4 aromatic rings. The molecule has 0 atom stereocenters. The molecule has 1 aliphatic heterocycles. The number of benzene rings is 3. The van der Waals surface area contributed by atoms with Crippen LogP contribution in [0, 0.1) is 11.6 Å². The first-order chi connectivity index (χ1) is 22.0. The van der Waals surface area contributed by atoms with Gasteiger partial charge in [-0.3, -0.25) is 4.79 Å². The van der Waals surface area contributed by atoms with E-state index >= 15 is 8.78 Å². The lowest BCUT2D eigenvalue weighted by molar-refractivity contribution is -0.161. The third-order valence-electron chi connectivity index (χ3n) is 7.52. The van der Waals surface area contributed by atoms with Gasteiger partial charge < -0.3 is 29.5 Å². The van der Waals surface area contributed by atoms with Crippen LogP contribution in [0.2, 0.25) is 0 Å². The van der Waals surface area contributed by atoms with Crippen LogP contribution in [0.25, 0.3) is 0 Å². The summed E-state index contributed by atoms with van der Waals surface area (Å²) in [6.07, 6.45) is 0.260. The summed E-state index contributed by atoms with van der Waals surface area (Å²) in [4.78, 5) is 18.5. The van der Waals surface area contributed by atoms with Gasteiger partial charge >= 0.3 is 5.97 Å². The van der Waals surface area contributed by atoms with Gasteiger partial charge in [-0.05, 0) is 50.8 Å². The van der Waals surface area contributed by atoms with Crippen molar-refractivity contribution in [2.45, 2.75) is 64.4 Å². The standard InChI is InChI=1S/C36H39F2N3O5/c1-35(2,3)46-33(42)22-36(43)16-18-41(19-17-36)31-21-27(37)30(20-28(31)38)39-29-14-15-32(44-23-25-10-6-4-7-11-25)40-34(29)45-24-26-12-8-5-9-13-26/h4-15,20-21,39,43H,16-19,22-24H2,1-3H3. The fourth-order valence-electron chi connectivity index (χ4n) is 5.17. The second kappa shape index (κ2) is 14.2. The number of piperidine rings is 1. The zero-order valence-electron chi connectivity index (χ0n) is 26.3. The van der Waals surface area contributed by atoms with Crippen LogP contribution in [0.3, 0.4) is 0 Å². The average molecular weight is 632 g/mol. The molecule has 2 heterocycles. The highest BCUT2D eigenvalue weighted by Crippen LogP contribution is 2.35. The quantitative estimate of drug-likeness (QED) is 0.166. The highest BCUT2D eigenvalue weighted by molar-refractivity contribution is 5.71. The number of carbonyl (C=O) groups excluding carboxylic acids is 1. The van der Waals surface area contributed by atoms with Crippen molar-refractivity contribution >= 4 is 23.0 Å². The summed E-state index contributed by atoms with van der Waals surface area (Å²) < 4.78 is 48.2. The predicted molar refractivity (Wildman–Crippen MR) is 172 cm³/mol. The highest BCUT2D eigenvalue weighted by Gasteiger charge is 2.36. The molecule has 10 heteroatoms. The van der Waals surface area contributed by atoms with Crippen LogP contribution in [0.15, 0.2) is 84.9 Å². The van der Waals surface area contributed by atoms with Crippen molar-refractivity contribution in [1.82, 2.24) is 4.98 Å². The summed E-state index contributed by atoms with van der Waals surface area (Å²) in [6, 6.07) is 24.7. The van der Waals surface area contributed by atoms with Gasteiger partial charge in [-0.1, -0.05) is 60.7 Å². The number of esters is 1. The van der Waals surface area contributed by atoms with E-state index in [0.717, 1.165) is 23.3 Å². The number of nitrogens with zero attached hydrogens (tertiary/aromatic N) is 2.